The second-order valence-electron chi connectivity index (χ2n) is 7.30. The predicted octanol–water partition coefficient (Wildman–Crippen LogP) is 5.17. The van der Waals surface area contributed by atoms with E-state index >= 15 is 0 Å². The predicted molar refractivity (Wildman–Crippen MR) is 113 cm³/mol. The van der Waals surface area contributed by atoms with Gasteiger partial charge in [-0.2, -0.15) is 13.2 Å². The van der Waals surface area contributed by atoms with Gasteiger partial charge in [-0.3, -0.25) is 9.59 Å². The Hall–Kier alpha value is -3.20. The number of piperazine rings is 1. The van der Waals surface area contributed by atoms with Gasteiger partial charge in [0.1, 0.15) is 5.82 Å². The summed E-state index contributed by atoms with van der Waals surface area (Å²) in [6.45, 7) is 0.741. The number of rotatable bonds is 3. The summed E-state index contributed by atoms with van der Waals surface area (Å²) in [4.78, 5) is 29.8. The highest BCUT2D eigenvalue weighted by Gasteiger charge is 2.36. The van der Waals surface area contributed by atoms with Crippen LogP contribution in [0.25, 0.3) is 10.4 Å². The van der Waals surface area contributed by atoms with E-state index in [0.717, 1.165) is 16.5 Å². The fraction of sp³-hybridized carbons (Fsp3) is 0.217. The molecule has 1 fully saturated rings. The molecule has 32 heavy (non-hydrogen) atoms. The molecule has 2 heterocycles. The molecule has 0 radical (unpaired) electrons. The normalized spacial score (nSPS) is 14.5. The average molecular weight is 462 g/mol. The van der Waals surface area contributed by atoms with Gasteiger partial charge in [0.25, 0.3) is 11.8 Å². The molecule has 0 N–H and O–H groups in total. The van der Waals surface area contributed by atoms with Gasteiger partial charge in [0, 0.05) is 31.1 Å². The van der Waals surface area contributed by atoms with Crippen LogP contribution in [-0.2, 0) is 6.18 Å². The van der Waals surface area contributed by atoms with Gasteiger partial charge < -0.3 is 9.80 Å². The lowest BCUT2D eigenvalue weighted by Gasteiger charge is -2.35. The zero-order chi connectivity index (χ0) is 22.9. The number of thiophene rings is 1. The molecular formula is C23H18F4N2O2S. The monoisotopic (exact) mass is 462 g/mol. The van der Waals surface area contributed by atoms with Crippen LogP contribution < -0.4 is 0 Å². The summed E-state index contributed by atoms with van der Waals surface area (Å²) in [5.41, 5.74) is -0.549. The van der Waals surface area contributed by atoms with Gasteiger partial charge in [0.2, 0.25) is 0 Å². The molecule has 2 amide bonds. The van der Waals surface area contributed by atoms with Crippen molar-refractivity contribution in [1.82, 2.24) is 9.80 Å². The molecule has 0 unspecified atom stereocenters. The Bertz CT molecular complexity index is 1130. The molecule has 166 valence electrons. The first-order valence-electron chi connectivity index (χ1n) is 9.84. The number of carbonyl (C=O) groups is 2. The van der Waals surface area contributed by atoms with Crippen LogP contribution >= 0.6 is 11.3 Å². The maximum atomic E-state index is 13.2. The lowest BCUT2D eigenvalue weighted by molar-refractivity contribution is -0.138. The lowest BCUT2D eigenvalue weighted by Crippen LogP contribution is -2.50. The Balaban J connectivity index is 1.42. The molecule has 0 saturated carbocycles. The summed E-state index contributed by atoms with van der Waals surface area (Å²) in [5, 5.41) is 0. The van der Waals surface area contributed by atoms with Crippen LogP contribution in [0, 0.1) is 5.82 Å². The molecule has 0 aliphatic carbocycles. The average Bonchev–Trinajstić information content (AvgIpc) is 3.28. The van der Waals surface area contributed by atoms with Gasteiger partial charge >= 0.3 is 6.18 Å². The fourth-order valence-electron chi connectivity index (χ4n) is 3.58. The molecule has 2 aromatic carbocycles. The summed E-state index contributed by atoms with van der Waals surface area (Å²) in [5.74, 6) is -1.24. The van der Waals surface area contributed by atoms with Crippen LogP contribution in [0.1, 0.15) is 25.6 Å². The Morgan fingerprint density at radius 1 is 0.781 bits per heavy atom. The van der Waals surface area contributed by atoms with Crippen molar-refractivity contribution in [3.8, 4) is 10.4 Å². The first-order valence-corrected chi connectivity index (χ1v) is 10.7. The SMILES string of the molecule is O=C(c1ccc(-c2ccc(F)cc2)s1)N1CCN(C(=O)c2ccccc2C(F)(F)F)CC1. The van der Waals surface area contributed by atoms with Crippen molar-refractivity contribution < 1.29 is 27.2 Å². The molecule has 1 aliphatic rings. The molecule has 0 atom stereocenters. The van der Waals surface area contributed by atoms with E-state index < -0.39 is 17.6 Å². The van der Waals surface area contributed by atoms with Crippen molar-refractivity contribution in [2.24, 2.45) is 0 Å². The zero-order valence-electron chi connectivity index (χ0n) is 16.7. The van der Waals surface area contributed by atoms with Crippen molar-refractivity contribution in [2.45, 2.75) is 6.18 Å². The number of halogens is 4. The van der Waals surface area contributed by atoms with Crippen molar-refractivity contribution >= 4 is 23.2 Å². The van der Waals surface area contributed by atoms with Gasteiger partial charge in [-0.1, -0.05) is 24.3 Å². The minimum atomic E-state index is -4.62. The quantitative estimate of drug-likeness (QED) is 0.504. The van der Waals surface area contributed by atoms with Crippen LogP contribution in [0.4, 0.5) is 17.6 Å². The molecule has 9 heteroatoms. The lowest BCUT2D eigenvalue weighted by atomic mass is 10.1. The van der Waals surface area contributed by atoms with Gasteiger partial charge in [-0.25, -0.2) is 4.39 Å². The summed E-state index contributed by atoms with van der Waals surface area (Å²) in [6.07, 6.45) is -4.62. The topological polar surface area (TPSA) is 40.6 Å². The van der Waals surface area contributed by atoms with Gasteiger partial charge in [0.05, 0.1) is 16.0 Å². The van der Waals surface area contributed by atoms with E-state index in [1.54, 1.807) is 29.2 Å². The summed E-state index contributed by atoms with van der Waals surface area (Å²) in [6, 6.07) is 14.2. The van der Waals surface area contributed by atoms with E-state index in [1.807, 2.05) is 0 Å². The van der Waals surface area contributed by atoms with E-state index in [2.05, 4.69) is 0 Å². The van der Waals surface area contributed by atoms with E-state index in [1.165, 1.54) is 46.6 Å². The van der Waals surface area contributed by atoms with E-state index in [9.17, 15) is 27.2 Å². The van der Waals surface area contributed by atoms with Crippen LogP contribution in [0.5, 0.6) is 0 Å². The van der Waals surface area contributed by atoms with E-state index in [0.29, 0.717) is 4.88 Å². The third-order valence-electron chi connectivity index (χ3n) is 5.26. The number of carbonyl (C=O) groups excluding carboxylic acids is 2. The Morgan fingerprint density at radius 2 is 1.38 bits per heavy atom. The van der Waals surface area contributed by atoms with Crippen LogP contribution in [0.3, 0.4) is 0 Å². The summed E-state index contributed by atoms with van der Waals surface area (Å²) < 4.78 is 52.8. The Morgan fingerprint density at radius 3 is 2.00 bits per heavy atom. The number of amides is 2. The number of nitrogens with zero attached hydrogens (tertiary/aromatic N) is 2. The molecule has 0 bridgehead atoms. The minimum absolute atomic E-state index is 0.146. The van der Waals surface area contributed by atoms with Crippen LogP contribution in [0.15, 0.2) is 60.7 Å². The molecule has 4 rings (SSSR count). The molecule has 3 aromatic rings. The largest absolute Gasteiger partial charge is 0.417 e. The van der Waals surface area contributed by atoms with Gasteiger partial charge in [-0.05, 0) is 42.0 Å². The highest BCUT2D eigenvalue weighted by atomic mass is 32.1. The van der Waals surface area contributed by atoms with Crippen molar-refractivity contribution in [3.05, 3.63) is 82.5 Å². The molecule has 0 spiro atoms. The zero-order valence-corrected chi connectivity index (χ0v) is 17.5. The van der Waals surface area contributed by atoms with Crippen molar-refractivity contribution in [2.75, 3.05) is 26.2 Å². The molecule has 1 saturated heterocycles. The summed E-state index contributed by atoms with van der Waals surface area (Å²) >= 11 is 1.28. The fourth-order valence-corrected chi connectivity index (χ4v) is 4.56. The number of benzene rings is 2. The van der Waals surface area contributed by atoms with E-state index in [-0.39, 0.29) is 43.5 Å². The Labute approximate surface area is 185 Å². The second-order valence-corrected chi connectivity index (χ2v) is 8.38. The van der Waals surface area contributed by atoms with Crippen molar-refractivity contribution in [3.63, 3.8) is 0 Å². The maximum absolute atomic E-state index is 13.2. The third kappa shape index (κ3) is 4.52. The Kier molecular flexibility index (Phi) is 6.01. The van der Waals surface area contributed by atoms with E-state index in [4.69, 9.17) is 0 Å². The highest BCUT2D eigenvalue weighted by molar-refractivity contribution is 7.17. The van der Waals surface area contributed by atoms with Crippen LogP contribution in [-0.4, -0.2) is 47.8 Å². The summed E-state index contributed by atoms with van der Waals surface area (Å²) in [7, 11) is 0. The number of hydrogen-bond acceptors (Lipinski definition) is 3. The number of alkyl halides is 3. The maximum Gasteiger partial charge on any atom is 0.417 e. The smallest absolute Gasteiger partial charge is 0.335 e. The third-order valence-corrected chi connectivity index (χ3v) is 6.38. The van der Waals surface area contributed by atoms with Crippen LogP contribution in [0.2, 0.25) is 0 Å². The highest BCUT2D eigenvalue weighted by Crippen LogP contribution is 2.33. The second kappa shape index (κ2) is 8.74. The van der Waals surface area contributed by atoms with Crippen molar-refractivity contribution in [1.29, 1.82) is 0 Å². The molecule has 1 aromatic heterocycles. The molecule has 1 aliphatic heterocycles. The first-order chi connectivity index (χ1) is 15.2. The number of hydrogen-bond donors (Lipinski definition) is 0. The minimum Gasteiger partial charge on any atom is -0.335 e. The standard InChI is InChI=1S/C23H18F4N2O2S/c24-16-7-5-15(6-8-16)19-9-10-20(32-19)22(31)29-13-11-28(12-14-29)21(30)17-3-1-2-4-18(17)23(25,26)27/h1-10H,11-14H2. The van der Waals surface area contributed by atoms with Gasteiger partial charge in [-0.15, -0.1) is 11.3 Å². The molecule has 4 nitrogen and oxygen atoms in total. The molecular weight excluding hydrogens is 444 g/mol. The van der Waals surface area contributed by atoms with Gasteiger partial charge in [0.15, 0.2) is 0 Å². The first kappa shape index (κ1) is 22.0.